The Balaban J connectivity index is 1.10. The van der Waals surface area contributed by atoms with Gasteiger partial charge in [-0.2, -0.15) is 0 Å². The number of nitrogens with one attached hydrogen (secondary N) is 2. The van der Waals surface area contributed by atoms with E-state index in [2.05, 4.69) is 91.2 Å². The lowest BCUT2D eigenvalue weighted by Gasteiger charge is -2.31. The zero-order valence-corrected chi connectivity index (χ0v) is 31.1. The topological polar surface area (TPSA) is 72.0 Å². The first-order valence-electron chi connectivity index (χ1n) is 19.3. The molecule has 6 nitrogen and oxygen atoms in total. The summed E-state index contributed by atoms with van der Waals surface area (Å²) in [4.78, 5) is 19.7. The Morgan fingerprint density at radius 2 is 1.38 bits per heavy atom. The predicted octanol–water partition coefficient (Wildman–Crippen LogP) is 9.44. The average molecular weight is 708 g/mol. The molecule has 1 aliphatic rings. The van der Waals surface area contributed by atoms with E-state index >= 15 is 0 Å². The molecule has 3 unspecified atom stereocenters. The molecule has 1 fully saturated rings. The Labute approximate surface area is 315 Å². The molecule has 1 aliphatic heterocycles. The van der Waals surface area contributed by atoms with Crippen molar-refractivity contribution in [2.75, 3.05) is 25.0 Å². The molecule has 0 spiro atoms. The van der Waals surface area contributed by atoms with Gasteiger partial charge in [-0.3, -0.25) is 9.79 Å². The first-order chi connectivity index (χ1) is 26.1. The van der Waals surface area contributed by atoms with E-state index in [-0.39, 0.29) is 24.0 Å². The van der Waals surface area contributed by atoms with Crippen LogP contribution in [0.4, 0.5) is 5.69 Å². The molecular formula is C47H53N3O3. The molecule has 0 saturated carbocycles. The minimum atomic E-state index is -0.624. The molecule has 1 amide bonds. The van der Waals surface area contributed by atoms with E-state index < -0.39 is 6.04 Å². The normalized spacial score (nSPS) is 16.6. The minimum Gasteiger partial charge on any atom is -0.491 e. The lowest BCUT2D eigenvalue weighted by molar-refractivity contribution is -0.117. The smallest absolute Gasteiger partial charge is 0.250 e. The highest BCUT2D eigenvalue weighted by molar-refractivity contribution is 5.98. The number of aryl methyl sites for hydroxylation is 1. The molecule has 0 aliphatic carbocycles. The number of carbonyl (C=O) groups is 1. The molecule has 1 saturated heterocycles. The van der Waals surface area contributed by atoms with Crippen molar-refractivity contribution in [2.24, 2.45) is 4.99 Å². The van der Waals surface area contributed by atoms with Gasteiger partial charge in [-0.15, -0.1) is 0 Å². The Morgan fingerprint density at radius 3 is 2.04 bits per heavy atom. The van der Waals surface area contributed by atoms with Crippen molar-refractivity contribution in [3.05, 3.63) is 167 Å². The second-order valence-corrected chi connectivity index (χ2v) is 13.9. The van der Waals surface area contributed by atoms with Crippen LogP contribution in [-0.4, -0.2) is 49.6 Å². The summed E-state index contributed by atoms with van der Waals surface area (Å²) >= 11 is 0. The standard InChI is InChI=1S/C47H53N3O3/c1-3-16-40(4-2)49-46(45(38-20-10-6-11-21-38)39-22-12-7-13-23-39)47(51)50-44-24-15-14-19-37(44)27-30-42-32-48-33-43(53-42)34-52-41-28-25-36(26-29-41)31-35-17-8-5-9-18-35/h5-15,17-26,28-29,42-43,45-46,48H,3-4,16,27,30-34H2,1-2H3,(H,50,51). The molecule has 0 bridgehead atoms. The minimum absolute atomic E-state index is 0.0356. The third-order valence-electron chi connectivity index (χ3n) is 9.92. The lowest BCUT2D eigenvalue weighted by Crippen LogP contribution is -2.47. The van der Waals surface area contributed by atoms with Gasteiger partial charge in [0.1, 0.15) is 24.5 Å². The maximum Gasteiger partial charge on any atom is 0.250 e. The van der Waals surface area contributed by atoms with Gasteiger partial charge in [0.05, 0.1) is 6.10 Å². The number of carbonyl (C=O) groups excluding carboxylic acids is 1. The van der Waals surface area contributed by atoms with Crippen LogP contribution >= 0.6 is 0 Å². The van der Waals surface area contributed by atoms with Gasteiger partial charge < -0.3 is 20.1 Å². The molecule has 6 heteroatoms. The van der Waals surface area contributed by atoms with Crippen LogP contribution in [0.15, 0.2) is 145 Å². The zero-order valence-electron chi connectivity index (χ0n) is 31.1. The third kappa shape index (κ3) is 11.0. The molecule has 0 radical (unpaired) electrons. The van der Waals surface area contributed by atoms with Crippen molar-refractivity contribution in [1.29, 1.82) is 0 Å². The number of nitrogens with zero attached hydrogens (tertiary/aromatic N) is 1. The summed E-state index contributed by atoms with van der Waals surface area (Å²) in [6.45, 7) is 6.30. The Bertz CT molecular complexity index is 1820. The number of para-hydroxylation sites is 1. The number of aliphatic imine (C=N–C) groups is 1. The van der Waals surface area contributed by atoms with Gasteiger partial charge in [0.15, 0.2) is 0 Å². The van der Waals surface area contributed by atoms with E-state index in [9.17, 15) is 4.79 Å². The van der Waals surface area contributed by atoms with E-state index in [0.29, 0.717) is 6.61 Å². The predicted molar refractivity (Wildman–Crippen MR) is 217 cm³/mol. The molecule has 0 aromatic heterocycles. The summed E-state index contributed by atoms with van der Waals surface area (Å²) in [5, 5.41) is 6.88. The maximum absolute atomic E-state index is 14.5. The fraction of sp³-hybridized carbons (Fsp3) is 0.319. The Kier molecular flexibility index (Phi) is 14.0. The number of hydrogen-bond donors (Lipinski definition) is 2. The van der Waals surface area contributed by atoms with Crippen molar-refractivity contribution in [1.82, 2.24) is 5.32 Å². The number of benzene rings is 5. The van der Waals surface area contributed by atoms with Gasteiger partial charge in [-0.1, -0.05) is 142 Å². The van der Waals surface area contributed by atoms with Crippen LogP contribution in [-0.2, 0) is 22.4 Å². The van der Waals surface area contributed by atoms with Gasteiger partial charge >= 0.3 is 0 Å². The second kappa shape index (κ2) is 19.7. The van der Waals surface area contributed by atoms with Crippen molar-refractivity contribution in [3.8, 4) is 5.75 Å². The molecule has 5 aromatic carbocycles. The average Bonchev–Trinajstić information content (AvgIpc) is 3.21. The summed E-state index contributed by atoms with van der Waals surface area (Å²) in [5.41, 5.74) is 7.68. The first-order valence-corrected chi connectivity index (χ1v) is 19.3. The van der Waals surface area contributed by atoms with Crippen LogP contribution in [0.25, 0.3) is 0 Å². The Hall–Kier alpha value is -5.04. The highest BCUT2D eigenvalue weighted by Crippen LogP contribution is 2.32. The SMILES string of the molecule is CCCC(CC)=NC(C(=O)Nc1ccccc1CCC1CNCC(COc2ccc(Cc3ccccc3)cc2)O1)C(c1ccccc1)c1ccccc1. The van der Waals surface area contributed by atoms with E-state index in [1.54, 1.807) is 0 Å². The van der Waals surface area contributed by atoms with Crippen LogP contribution in [0.3, 0.4) is 0 Å². The van der Waals surface area contributed by atoms with Crippen LogP contribution < -0.4 is 15.4 Å². The second-order valence-electron chi connectivity index (χ2n) is 13.9. The lowest BCUT2D eigenvalue weighted by atomic mass is 9.84. The van der Waals surface area contributed by atoms with Crippen molar-refractivity contribution in [3.63, 3.8) is 0 Å². The summed E-state index contributed by atoms with van der Waals surface area (Å²) in [5.74, 6) is 0.525. The Morgan fingerprint density at radius 1 is 0.774 bits per heavy atom. The molecule has 2 N–H and O–H groups in total. The number of hydrogen-bond acceptors (Lipinski definition) is 5. The van der Waals surface area contributed by atoms with Crippen LogP contribution in [0, 0.1) is 0 Å². The van der Waals surface area contributed by atoms with Gasteiger partial charge in [-0.05, 0) is 78.1 Å². The van der Waals surface area contributed by atoms with Crippen LogP contribution in [0.1, 0.15) is 73.3 Å². The molecule has 3 atom stereocenters. The molecular weight excluding hydrogens is 655 g/mol. The molecule has 53 heavy (non-hydrogen) atoms. The van der Waals surface area contributed by atoms with E-state index in [1.807, 2.05) is 72.8 Å². The third-order valence-corrected chi connectivity index (χ3v) is 9.92. The highest BCUT2D eigenvalue weighted by Gasteiger charge is 2.32. The molecule has 1 heterocycles. The molecule has 274 valence electrons. The fourth-order valence-electron chi connectivity index (χ4n) is 7.13. The number of rotatable bonds is 17. The largest absolute Gasteiger partial charge is 0.491 e. The molecule has 6 rings (SSSR count). The number of anilines is 1. The van der Waals surface area contributed by atoms with Gasteiger partial charge in [0.2, 0.25) is 5.91 Å². The fourth-order valence-corrected chi connectivity index (χ4v) is 7.13. The van der Waals surface area contributed by atoms with Crippen molar-refractivity contribution >= 4 is 17.3 Å². The van der Waals surface area contributed by atoms with Gasteiger partial charge in [0.25, 0.3) is 0 Å². The maximum atomic E-state index is 14.5. The zero-order chi connectivity index (χ0) is 36.7. The summed E-state index contributed by atoms with van der Waals surface area (Å²) in [6, 6.07) is 46.9. The van der Waals surface area contributed by atoms with E-state index in [0.717, 1.165) is 85.5 Å². The van der Waals surface area contributed by atoms with Crippen molar-refractivity contribution in [2.45, 2.75) is 76.5 Å². The van der Waals surface area contributed by atoms with E-state index in [1.165, 1.54) is 11.1 Å². The van der Waals surface area contributed by atoms with Gasteiger partial charge in [0, 0.05) is 30.4 Å². The van der Waals surface area contributed by atoms with Crippen LogP contribution in [0.5, 0.6) is 5.75 Å². The summed E-state index contributed by atoms with van der Waals surface area (Å²) < 4.78 is 12.7. The quantitative estimate of drug-likeness (QED) is 0.0945. The van der Waals surface area contributed by atoms with E-state index in [4.69, 9.17) is 14.5 Å². The number of amides is 1. The van der Waals surface area contributed by atoms with Crippen LogP contribution in [0.2, 0.25) is 0 Å². The monoisotopic (exact) mass is 707 g/mol. The highest BCUT2D eigenvalue weighted by atomic mass is 16.5. The van der Waals surface area contributed by atoms with Crippen molar-refractivity contribution < 1.29 is 14.3 Å². The number of ether oxygens (including phenoxy) is 2. The number of morpholine rings is 1. The summed E-state index contributed by atoms with van der Waals surface area (Å²) in [6.07, 6.45) is 5.15. The molecule has 5 aromatic rings. The van der Waals surface area contributed by atoms with Gasteiger partial charge in [-0.25, -0.2) is 0 Å². The first kappa shape index (κ1) is 37.7. The summed E-state index contributed by atoms with van der Waals surface area (Å²) in [7, 11) is 0.